The van der Waals surface area contributed by atoms with Crippen molar-refractivity contribution >= 4 is 5.82 Å². The summed E-state index contributed by atoms with van der Waals surface area (Å²) in [7, 11) is 2.14. The van der Waals surface area contributed by atoms with Gasteiger partial charge >= 0.3 is 0 Å². The van der Waals surface area contributed by atoms with Crippen molar-refractivity contribution < 1.29 is 4.39 Å². The zero-order chi connectivity index (χ0) is 11.5. The number of likely N-dealkylation sites (N-methyl/N-ethyl adjacent to an activating group) is 1. The third kappa shape index (κ3) is 2.92. The highest BCUT2D eigenvalue weighted by Gasteiger charge is 2.28. The predicted molar refractivity (Wildman–Crippen MR) is 62.9 cm³/mol. The lowest BCUT2D eigenvalue weighted by atomic mass is 10.3. The second kappa shape index (κ2) is 4.78. The number of pyridine rings is 1. The zero-order valence-corrected chi connectivity index (χ0v) is 9.78. The van der Waals surface area contributed by atoms with Gasteiger partial charge < -0.3 is 5.32 Å². The van der Waals surface area contributed by atoms with Crippen molar-refractivity contribution in [3.63, 3.8) is 0 Å². The quantitative estimate of drug-likeness (QED) is 0.775. The number of nitrogens with zero attached hydrogens (tertiary/aromatic N) is 2. The maximum absolute atomic E-state index is 12.8. The van der Waals surface area contributed by atoms with Crippen molar-refractivity contribution in [2.24, 2.45) is 0 Å². The maximum atomic E-state index is 12.8. The summed E-state index contributed by atoms with van der Waals surface area (Å²) in [5, 5.41) is 3.16. The molecule has 0 aromatic carbocycles. The topological polar surface area (TPSA) is 28.2 Å². The molecule has 1 aliphatic carbocycles. The van der Waals surface area contributed by atoms with Gasteiger partial charge in [0.2, 0.25) is 5.95 Å². The Morgan fingerprint density at radius 3 is 2.94 bits per heavy atom. The van der Waals surface area contributed by atoms with Crippen LogP contribution >= 0.6 is 0 Å². The highest BCUT2D eigenvalue weighted by molar-refractivity contribution is 5.33. The number of aromatic nitrogens is 1. The zero-order valence-electron chi connectivity index (χ0n) is 9.78. The van der Waals surface area contributed by atoms with E-state index in [1.165, 1.54) is 18.9 Å². The molecular weight excluding hydrogens is 205 g/mol. The number of halogens is 1. The fraction of sp³-hybridized carbons (Fsp3) is 0.583. The number of hydrogen-bond acceptors (Lipinski definition) is 3. The van der Waals surface area contributed by atoms with Gasteiger partial charge in [0.05, 0.1) is 0 Å². The fourth-order valence-electron chi connectivity index (χ4n) is 1.74. The van der Waals surface area contributed by atoms with Gasteiger partial charge in [0.1, 0.15) is 5.82 Å². The third-order valence-electron chi connectivity index (χ3n) is 3.11. The van der Waals surface area contributed by atoms with Gasteiger partial charge in [0.15, 0.2) is 0 Å². The van der Waals surface area contributed by atoms with Crippen LogP contribution in [0.25, 0.3) is 0 Å². The van der Waals surface area contributed by atoms with Crippen LogP contribution in [0.2, 0.25) is 0 Å². The van der Waals surface area contributed by atoms with Crippen molar-refractivity contribution in [1.29, 1.82) is 0 Å². The Balaban J connectivity index is 1.82. The van der Waals surface area contributed by atoms with Crippen molar-refractivity contribution in [2.75, 3.05) is 18.9 Å². The number of hydrogen-bond donors (Lipinski definition) is 1. The van der Waals surface area contributed by atoms with Gasteiger partial charge in [-0.2, -0.15) is 4.39 Å². The fourth-order valence-corrected chi connectivity index (χ4v) is 1.74. The Hall–Kier alpha value is -1.16. The molecule has 1 unspecified atom stereocenters. The molecule has 1 atom stereocenters. The molecule has 16 heavy (non-hydrogen) atoms. The Morgan fingerprint density at radius 2 is 2.31 bits per heavy atom. The molecular formula is C12H18FN3. The SMILES string of the molecule is CC(CNc1cccc(F)n1)N(C)C1CC1. The lowest BCUT2D eigenvalue weighted by molar-refractivity contribution is 0.257. The molecule has 1 aromatic heterocycles. The molecule has 2 rings (SSSR count). The Kier molecular flexibility index (Phi) is 3.39. The van der Waals surface area contributed by atoms with E-state index in [9.17, 15) is 4.39 Å². The molecule has 1 aromatic rings. The van der Waals surface area contributed by atoms with Crippen molar-refractivity contribution in [3.8, 4) is 0 Å². The van der Waals surface area contributed by atoms with E-state index in [-0.39, 0.29) is 0 Å². The predicted octanol–water partition coefficient (Wildman–Crippen LogP) is 2.12. The second-order valence-electron chi connectivity index (χ2n) is 4.47. The Bertz CT molecular complexity index is 352. The molecule has 0 spiro atoms. The molecule has 0 radical (unpaired) electrons. The molecule has 88 valence electrons. The summed E-state index contributed by atoms with van der Waals surface area (Å²) in [6.07, 6.45) is 2.61. The largest absolute Gasteiger partial charge is 0.368 e. The summed E-state index contributed by atoms with van der Waals surface area (Å²) in [5.41, 5.74) is 0. The lowest BCUT2D eigenvalue weighted by Gasteiger charge is -2.24. The molecule has 1 saturated carbocycles. The smallest absolute Gasteiger partial charge is 0.214 e. The molecule has 1 heterocycles. The Morgan fingerprint density at radius 1 is 1.56 bits per heavy atom. The van der Waals surface area contributed by atoms with E-state index in [1.54, 1.807) is 12.1 Å². The van der Waals surface area contributed by atoms with E-state index >= 15 is 0 Å². The average Bonchev–Trinajstić information content (AvgIpc) is 3.09. The lowest BCUT2D eigenvalue weighted by Crippen LogP contribution is -2.36. The van der Waals surface area contributed by atoms with Gasteiger partial charge in [0.25, 0.3) is 0 Å². The monoisotopic (exact) mass is 223 g/mol. The minimum absolute atomic E-state index is 0.437. The van der Waals surface area contributed by atoms with Gasteiger partial charge in [-0.15, -0.1) is 0 Å². The molecule has 4 heteroatoms. The van der Waals surface area contributed by atoms with Crippen LogP contribution in [0.3, 0.4) is 0 Å². The highest BCUT2D eigenvalue weighted by Crippen LogP contribution is 2.26. The minimum Gasteiger partial charge on any atom is -0.368 e. The molecule has 3 nitrogen and oxygen atoms in total. The van der Waals surface area contributed by atoms with E-state index in [2.05, 4.69) is 29.2 Å². The summed E-state index contributed by atoms with van der Waals surface area (Å²) in [5.74, 6) is 0.171. The molecule has 1 aliphatic rings. The summed E-state index contributed by atoms with van der Waals surface area (Å²) < 4.78 is 12.8. The molecule has 1 N–H and O–H groups in total. The number of anilines is 1. The van der Waals surface area contributed by atoms with Crippen molar-refractivity contribution in [2.45, 2.75) is 31.8 Å². The first kappa shape index (κ1) is 11.3. The van der Waals surface area contributed by atoms with E-state index in [1.807, 2.05) is 0 Å². The van der Waals surface area contributed by atoms with Crippen LogP contribution in [0.15, 0.2) is 18.2 Å². The summed E-state index contributed by atoms with van der Waals surface area (Å²) >= 11 is 0. The van der Waals surface area contributed by atoms with Crippen LogP contribution < -0.4 is 5.32 Å². The van der Waals surface area contributed by atoms with Gasteiger partial charge in [0, 0.05) is 18.6 Å². The van der Waals surface area contributed by atoms with Gasteiger partial charge in [-0.1, -0.05) is 6.07 Å². The van der Waals surface area contributed by atoms with Gasteiger partial charge in [-0.3, -0.25) is 4.90 Å². The van der Waals surface area contributed by atoms with E-state index in [0.29, 0.717) is 11.9 Å². The standard InChI is InChI=1S/C12H18FN3/c1-9(16(2)10-6-7-10)8-14-12-5-3-4-11(13)15-12/h3-5,9-10H,6-8H2,1-2H3,(H,14,15). The minimum atomic E-state index is -0.437. The van der Waals surface area contributed by atoms with Gasteiger partial charge in [-0.05, 0) is 38.9 Å². The van der Waals surface area contributed by atoms with Crippen LogP contribution in [-0.4, -0.2) is 35.6 Å². The van der Waals surface area contributed by atoms with Gasteiger partial charge in [-0.25, -0.2) is 4.98 Å². The second-order valence-corrected chi connectivity index (χ2v) is 4.47. The van der Waals surface area contributed by atoms with Crippen LogP contribution in [0.1, 0.15) is 19.8 Å². The highest BCUT2D eigenvalue weighted by atomic mass is 19.1. The summed E-state index contributed by atoms with van der Waals surface area (Å²) in [6, 6.07) is 5.99. The number of rotatable bonds is 5. The maximum Gasteiger partial charge on any atom is 0.214 e. The summed E-state index contributed by atoms with van der Waals surface area (Å²) in [4.78, 5) is 6.14. The van der Waals surface area contributed by atoms with Crippen LogP contribution in [-0.2, 0) is 0 Å². The van der Waals surface area contributed by atoms with Crippen LogP contribution in [0.4, 0.5) is 10.2 Å². The molecule has 0 saturated heterocycles. The van der Waals surface area contributed by atoms with Crippen molar-refractivity contribution in [3.05, 3.63) is 24.1 Å². The summed E-state index contributed by atoms with van der Waals surface area (Å²) in [6.45, 7) is 2.97. The first-order valence-corrected chi connectivity index (χ1v) is 5.75. The first-order chi connectivity index (χ1) is 7.66. The van der Waals surface area contributed by atoms with Crippen LogP contribution in [0.5, 0.6) is 0 Å². The van der Waals surface area contributed by atoms with E-state index in [4.69, 9.17) is 0 Å². The van der Waals surface area contributed by atoms with Crippen LogP contribution in [0, 0.1) is 5.95 Å². The van der Waals surface area contributed by atoms with E-state index in [0.717, 1.165) is 12.6 Å². The third-order valence-corrected chi connectivity index (χ3v) is 3.11. The molecule has 1 fully saturated rings. The average molecular weight is 223 g/mol. The molecule has 0 bridgehead atoms. The number of nitrogens with one attached hydrogen (secondary N) is 1. The Labute approximate surface area is 95.7 Å². The molecule has 0 aliphatic heterocycles. The first-order valence-electron chi connectivity index (χ1n) is 5.75. The van der Waals surface area contributed by atoms with E-state index < -0.39 is 5.95 Å². The molecule has 0 amide bonds. The normalized spacial score (nSPS) is 17.5. The van der Waals surface area contributed by atoms with Crippen molar-refractivity contribution in [1.82, 2.24) is 9.88 Å².